The third-order valence-electron chi connectivity index (χ3n) is 3.54. The second-order valence-corrected chi connectivity index (χ2v) is 4.15. The number of nitro groups is 2. The summed E-state index contributed by atoms with van der Waals surface area (Å²) in [6.45, 7) is 14.2. The number of imidazole rings is 1. The first kappa shape index (κ1) is 18.0. The zero-order valence-electron chi connectivity index (χ0n) is 12.3. The maximum Gasteiger partial charge on any atom is 0.283 e. The highest BCUT2D eigenvalue weighted by Crippen LogP contribution is 2.09. The van der Waals surface area contributed by atoms with Crippen LogP contribution in [0.4, 0.5) is 11.8 Å². The van der Waals surface area contributed by atoms with E-state index in [2.05, 4.69) is 37.7 Å². The maximum absolute atomic E-state index is 9.92. The Hall–Kier alpha value is -2.03. The molecule has 1 aromatic rings. The van der Waals surface area contributed by atoms with E-state index in [0.717, 1.165) is 6.20 Å². The van der Waals surface area contributed by atoms with Crippen LogP contribution in [0.25, 0.3) is 0 Å². The lowest BCUT2D eigenvalue weighted by Gasteiger charge is -2.34. The number of quaternary nitrogens is 1. The van der Waals surface area contributed by atoms with Gasteiger partial charge >= 0.3 is 0 Å². The molecule has 9 heteroatoms. The minimum atomic E-state index is -0.896. The summed E-state index contributed by atoms with van der Waals surface area (Å²) in [5.74, 6) is -1.37. The molecule has 1 heterocycles. The molecule has 0 aliphatic carbocycles. The van der Waals surface area contributed by atoms with Crippen LogP contribution in [-0.2, 0) is 0 Å². The highest BCUT2D eigenvalue weighted by Gasteiger charge is 2.16. The average molecular weight is 287 g/mol. The SMILES string of the molecule is CC[N+](CC)(CC)CC.O=[N+]([O-])c1c[n-]c([N+](=O)[O-])n1. The van der Waals surface area contributed by atoms with Gasteiger partial charge < -0.3 is 24.7 Å². The monoisotopic (exact) mass is 287 g/mol. The maximum atomic E-state index is 9.92. The fourth-order valence-electron chi connectivity index (χ4n) is 1.79. The lowest BCUT2D eigenvalue weighted by atomic mass is 10.3. The van der Waals surface area contributed by atoms with E-state index in [9.17, 15) is 20.2 Å². The molecule has 0 saturated carbocycles. The van der Waals surface area contributed by atoms with Crippen LogP contribution < -0.4 is 4.98 Å². The van der Waals surface area contributed by atoms with Crippen LogP contribution in [0, 0.1) is 20.2 Å². The van der Waals surface area contributed by atoms with Gasteiger partial charge in [0.05, 0.1) is 26.2 Å². The van der Waals surface area contributed by atoms with Gasteiger partial charge in [0.1, 0.15) is 6.20 Å². The first-order valence-corrected chi connectivity index (χ1v) is 6.49. The predicted octanol–water partition coefficient (Wildman–Crippen LogP) is 1.74. The van der Waals surface area contributed by atoms with Gasteiger partial charge in [0, 0.05) is 0 Å². The Morgan fingerprint density at radius 2 is 1.50 bits per heavy atom. The zero-order valence-corrected chi connectivity index (χ0v) is 12.3. The van der Waals surface area contributed by atoms with Gasteiger partial charge in [-0.25, -0.2) is 4.98 Å². The number of aromatic nitrogens is 2. The van der Waals surface area contributed by atoms with Crippen molar-refractivity contribution < 1.29 is 14.3 Å². The zero-order chi connectivity index (χ0) is 15.8. The van der Waals surface area contributed by atoms with E-state index in [0.29, 0.717) is 0 Å². The number of hydrogen-bond acceptors (Lipinski definition) is 5. The van der Waals surface area contributed by atoms with Gasteiger partial charge in [0.2, 0.25) is 0 Å². The molecule has 0 aromatic carbocycles. The highest BCUT2D eigenvalue weighted by molar-refractivity contribution is 5.20. The Kier molecular flexibility index (Phi) is 7.37. The Morgan fingerprint density at radius 3 is 1.65 bits per heavy atom. The molecule has 20 heavy (non-hydrogen) atoms. The van der Waals surface area contributed by atoms with Crippen molar-refractivity contribution in [3.05, 3.63) is 26.4 Å². The summed E-state index contributed by atoms with van der Waals surface area (Å²) < 4.78 is 1.28. The van der Waals surface area contributed by atoms with Crippen molar-refractivity contribution in [2.75, 3.05) is 26.2 Å². The number of hydrogen-bond donors (Lipinski definition) is 0. The second kappa shape index (κ2) is 8.20. The molecule has 0 fully saturated rings. The molecular formula is C11H21N5O4. The van der Waals surface area contributed by atoms with E-state index >= 15 is 0 Å². The van der Waals surface area contributed by atoms with Crippen LogP contribution in [-0.4, -0.2) is 45.5 Å². The minimum absolute atomic E-state index is 0.614. The number of rotatable bonds is 6. The topological polar surface area (TPSA) is 113 Å². The molecular weight excluding hydrogens is 266 g/mol. The van der Waals surface area contributed by atoms with Crippen molar-refractivity contribution >= 4 is 11.8 Å². The normalized spacial score (nSPS) is 10.6. The van der Waals surface area contributed by atoms with Gasteiger partial charge in [-0.3, -0.25) is 0 Å². The molecule has 1 rings (SSSR count). The molecule has 0 amide bonds. The molecule has 0 saturated heterocycles. The van der Waals surface area contributed by atoms with Crippen LogP contribution in [0.2, 0.25) is 0 Å². The van der Waals surface area contributed by atoms with E-state index < -0.39 is 21.6 Å². The second-order valence-electron chi connectivity index (χ2n) is 4.15. The lowest BCUT2D eigenvalue weighted by Crippen LogP contribution is -2.47. The standard InChI is InChI=1S/C8H20N.C3HN4O4/c1-5-9(6-2,7-3)8-4;8-6(9)2-1-4-3(5-2)7(10)11/h5-8H2,1-4H3;1H/q+1;-1. The third kappa shape index (κ3) is 4.92. The summed E-state index contributed by atoms with van der Waals surface area (Å²) in [4.78, 5) is 24.2. The molecule has 1 aromatic heterocycles. The quantitative estimate of drug-likeness (QED) is 0.447. The summed E-state index contributed by atoms with van der Waals surface area (Å²) in [7, 11) is 0. The molecule has 0 atom stereocenters. The van der Waals surface area contributed by atoms with E-state index in [1.807, 2.05) is 0 Å². The van der Waals surface area contributed by atoms with Crippen molar-refractivity contribution in [3.8, 4) is 0 Å². The Balaban J connectivity index is 0.000000370. The summed E-state index contributed by atoms with van der Waals surface area (Å²) >= 11 is 0. The van der Waals surface area contributed by atoms with Crippen molar-refractivity contribution in [1.29, 1.82) is 0 Å². The van der Waals surface area contributed by atoms with E-state index in [1.54, 1.807) is 0 Å². The molecule has 0 unspecified atom stereocenters. The Labute approximate surface area is 117 Å². The van der Waals surface area contributed by atoms with Crippen LogP contribution in [0.3, 0.4) is 0 Å². The first-order valence-electron chi connectivity index (χ1n) is 6.49. The molecule has 0 aliphatic heterocycles. The summed E-state index contributed by atoms with van der Waals surface area (Å²) in [5, 5.41) is 19.8. The van der Waals surface area contributed by atoms with Crippen LogP contribution in [0.15, 0.2) is 6.20 Å². The van der Waals surface area contributed by atoms with Gasteiger partial charge in [0.25, 0.3) is 11.8 Å². The molecule has 114 valence electrons. The molecule has 0 N–H and O–H groups in total. The van der Waals surface area contributed by atoms with Crippen molar-refractivity contribution in [1.82, 2.24) is 9.97 Å². The summed E-state index contributed by atoms with van der Waals surface area (Å²) in [6.07, 6.45) is 0.734. The smallest absolute Gasteiger partial charge is 0.283 e. The molecule has 0 spiro atoms. The summed E-state index contributed by atoms with van der Waals surface area (Å²) in [6, 6.07) is 0. The van der Waals surface area contributed by atoms with Gasteiger partial charge in [-0.05, 0) is 32.6 Å². The Bertz CT molecular complexity index is 396. The molecule has 0 aliphatic rings. The fourth-order valence-corrected chi connectivity index (χ4v) is 1.79. The van der Waals surface area contributed by atoms with Crippen LogP contribution in [0.1, 0.15) is 27.7 Å². The molecule has 0 bridgehead atoms. The summed E-state index contributed by atoms with van der Waals surface area (Å²) in [5.41, 5.74) is 0. The van der Waals surface area contributed by atoms with Crippen molar-refractivity contribution in [2.24, 2.45) is 0 Å². The van der Waals surface area contributed by atoms with Gasteiger partial charge in [-0.1, -0.05) is 0 Å². The van der Waals surface area contributed by atoms with E-state index in [-0.39, 0.29) is 0 Å². The van der Waals surface area contributed by atoms with E-state index in [1.165, 1.54) is 30.7 Å². The Morgan fingerprint density at radius 1 is 1.05 bits per heavy atom. The van der Waals surface area contributed by atoms with Gasteiger partial charge in [-0.15, -0.1) is 0 Å². The van der Waals surface area contributed by atoms with Crippen molar-refractivity contribution in [2.45, 2.75) is 27.7 Å². The third-order valence-corrected chi connectivity index (χ3v) is 3.54. The fraction of sp³-hybridized carbons (Fsp3) is 0.727. The van der Waals surface area contributed by atoms with Crippen molar-refractivity contribution in [3.63, 3.8) is 0 Å². The van der Waals surface area contributed by atoms with Crippen LogP contribution in [0.5, 0.6) is 0 Å². The molecule has 0 radical (unpaired) electrons. The van der Waals surface area contributed by atoms with E-state index in [4.69, 9.17) is 0 Å². The predicted molar refractivity (Wildman–Crippen MR) is 73.3 cm³/mol. The number of nitrogens with zero attached hydrogens (tertiary/aromatic N) is 5. The van der Waals surface area contributed by atoms with Gasteiger partial charge in [0.15, 0.2) is 0 Å². The lowest BCUT2D eigenvalue weighted by molar-refractivity contribution is -0.921. The first-order chi connectivity index (χ1) is 9.35. The van der Waals surface area contributed by atoms with Crippen LogP contribution >= 0.6 is 0 Å². The average Bonchev–Trinajstić information content (AvgIpc) is 2.93. The minimum Gasteiger partial charge on any atom is -0.458 e. The largest absolute Gasteiger partial charge is 0.458 e. The highest BCUT2D eigenvalue weighted by atomic mass is 16.6. The van der Waals surface area contributed by atoms with Gasteiger partial charge in [-0.2, -0.15) is 9.91 Å². The molecule has 9 nitrogen and oxygen atoms in total.